The van der Waals surface area contributed by atoms with E-state index >= 15 is 0 Å². The summed E-state index contributed by atoms with van der Waals surface area (Å²) in [7, 11) is 1.68. The molecule has 1 saturated heterocycles. The van der Waals surface area contributed by atoms with E-state index in [4.69, 9.17) is 0 Å². The molecule has 7 nitrogen and oxygen atoms in total. The van der Waals surface area contributed by atoms with Crippen LogP contribution in [-0.2, 0) is 16.9 Å². The number of hydrogen-bond acceptors (Lipinski definition) is 4. The molecular weight excluding hydrogens is 399 g/mol. The molecule has 0 saturated carbocycles. The maximum Gasteiger partial charge on any atom is 0.322 e. The lowest BCUT2D eigenvalue weighted by Crippen LogP contribution is -2.52. The molecule has 2 aliphatic rings. The van der Waals surface area contributed by atoms with Crippen LogP contribution in [0.4, 0.5) is 9.18 Å². The largest absolute Gasteiger partial charge is 0.331 e. The summed E-state index contributed by atoms with van der Waals surface area (Å²) in [6.45, 7) is 2.05. The Kier molecular flexibility index (Phi) is 5.14. The first-order chi connectivity index (χ1) is 14.9. The number of nitrogens with zero attached hydrogens (tertiary/aromatic N) is 2. The van der Waals surface area contributed by atoms with Crippen LogP contribution in [0, 0.1) is 5.82 Å². The molecule has 158 valence electrons. The summed E-state index contributed by atoms with van der Waals surface area (Å²) in [4.78, 5) is 43.3. The van der Waals surface area contributed by atoms with Gasteiger partial charge in [-0.25, -0.2) is 9.18 Å². The van der Waals surface area contributed by atoms with Crippen molar-refractivity contribution in [2.75, 3.05) is 13.6 Å². The van der Waals surface area contributed by atoms with Crippen molar-refractivity contribution in [2.45, 2.75) is 19.0 Å². The van der Waals surface area contributed by atoms with Gasteiger partial charge in [-0.05, 0) is 41.3 Å². The average molecular weight is 420 g/mol. The fraction of sp³-hybridized carbons (Fsp3) is 0.217. The lowest BCUT2D eigenvalue weighted by Gasteiger charge is -2.31. The van der Waals surface area contributed by atoms with Gasteiger partial charge in [0.25, 0.3) is 11.8 Å². The number of allylic oxidation sites excluding steroid dienone is 2. The Morgan fingerprint density at radius 1 is 1.19 bits per heavy atom. The number of aliphatic imine (C=N–C) groups is 1. The van der Waals surface area contributed by atoms with Crippen LogP contribution in [0.15, 0.2) is 53.5 Å². The number of carbonyl (C=O) groups is 3. The summed E-state index contributed by atoms with van der Waals surface area (Å²) in [5.74, 6) is -1.42. The SMILES string of the molecule is C/C=C(\C=NC)c1ccc([C@]2(CN3Cc4ccc(F)cc4C3=O)NC(=O)NC2=O)cc1. The molecule has 0 aliphatic carbocycles. The van der Waals surface area contributed by atoms with E-state index in [1.165, 1.54) is 17.0 Å². The Morgan fingerprint density at radius 3 is 2.55 bits per heavy atom. The smallest absolute Gasteiger partial charge is 0.322 e. The van der Waals surface area contributed by atoms with E-state index in [1.807, 2.05) is 25.1 Å². The topological polar surface area (TPSA) is 90.9 Å². The van der Waals surface area contributed by atoms with Crippen LogP contribution >= 0.6 is 0 Å². The number of rotatable bonds is 5. The summed E-state index contributed by atoms with van der Waals surface area (Å²) in [6, 6.07) is 10.6. The van der Waals surface area contributed by atoms with Crippen LogP contribution in [0.1, 0.15) is 34.0 Å². The fourth-order valence-corrected chi connectivity index (χ4v) is 4.05. The van der Waals surface area contributed by atoms with Crippen molar-refractivity contribution >= 4 is 29.6 Å². The van der Waals surface area contributed by atoms with Crippen LogP contribution in [0.2, 0.25) is 0 Å². The number of imide groups is 1. The lowest BCUT2D eigenvalue weighted by atomic mass is 9.88. The maximum atomic E-state index is 13.6. The number of nitrogens with one attached hydrogen (secondary N) is 2. The molecule has 2 aliphatic heterocycles. The second kappa shape index (κ2) is 7.79. The number of urea groups is 1. The first kappa shape index (κ1) is 20.5. The number of fused-ring (bicyclic) bond motifs is 1. The molecule has 2 heterocycles. The van der Waals surface area contributed by atoms with Gasteiger partial charge in [0.15, 0.2) is 5.54 Å². The number of halogens is 1. The summed E-state index contributed by atoms with van der Waals surface area (Å²) in [5, 5.41) is 4.97. The van der Waals surface area contributed by atoms with Gasteiger partial charge in [0.05, 0.1) is 6.54 Å². The van der Waals surface area contributed by atoms with Gasteiger partial charge in [0.2, 0.25) is 0 Å². The van der Waals surface area contributed by atoms with E-state index in [0.717, 1.165) is 11.1 Å². The molecule has 1 fully saturated rings. The van der Waals surface area contributed by atoms with Crippen molar-refractivity contribution in [2.24, 2.45) is 4.99 Å². The Bertz CT molecular complexity index is 1140. The molecule has 0 aromatic heterocycles. The molecule has 4 rings (SSSR count). The highest BCUT2D eigenvalue weighted by Crippen LogP contribution is 2.32. The number of hydrogen-bond donors (Lipinski definition) is 2. The van der Waals surface area contributed by atoms with Crippen LogP contribution in [0.25, 0.3) is 5.57 Å². The molecule has 0 radical (unpaired) electrons. The quantitative estimate of drug-likeness (QED) is 0.576. The Hall–Kier alpha value is -3.81. The van der Waals surface area contributed by atoms with Crippen molar-refractivity contribution < 1.29 is 18.8 Å². The standard InChI is InChI=1S/C23H21FN4O3/c1-3-14(11-25-2)15-4-7-17(8-5-15)23(21(30)26-22(31)27-23)13-28-12-16-6-9-18(24)10-19(16)20(28)29/h3-11H,12-13H2,1-2H3,(H2,26,27,30,31)/b14-3+,25-11?/t23-/m0/s1. The summed E-state index contributed by atoms with van der Waals surface area (Å²) < 4.78 is 13.6. The third-order valence-electron chi connectivity index (χ3n) is 5.61. The molecule has 0 bridgehead atoms. The monoisotopic (exact) mass is 420 g/mol. The van der Waals surface area contributed by atoms with Crippen LogP contribution in [0.5, 0.6) is 0 Å². The molecule has 0 unspecified atom stereocenters. The van der Waals surface area contributed by atoms with Gasteiger partial charge < -0.3 is 10.2 Å². The third-order valence-corrected chi connectivity index (χ3v) is 5.61. The van der Waals surface area contributed by atoms with Crippen molar-refractivity contribution in [1.82, 2.24) is 15.5 Å². The summed E-state index contributed by atoms with van der Waals surface area (Å²) >= 11 is 0. The molecular formula is C23H21FN4O3. The Labute approximate surface area is 178 Å². The van der Waals surface area contributed by atoms with Crippen molar-refractivity contribution in [3.63, 3.8) is 0 Å². The van der Waals surface area contributed by atoms with Gasteiger partial charge >= 0.3 is 6.03 Å². The van der Waals surface area contributed by atoms with E-state index in [9.17, 15) is 18.8 Å². The first-order valence-electron chi connectivity index (χ1n) is 9.78. The van der Waals surface area contributed by atoms with E-state index in [2.05, 4.69) is 15.6 Å². The number of amides is 4. The highest BCUT2D eigenvalue weighted by molar-refractivity contribution is 6.10. The third kappa shape index (κ3) is 3.50. The fourth-order valence-electron chi connectivity index (χ4n) is 4.05. The van der Waals surface area contributed by atoms with E-state index in [0.29, 0.717) is 11.1 Å². The normalized spacial score (nSPS) is 20.9. The number of carbonyl (C=O) groups excluding carboxylic acids is 3. The van der Waals surface area contributed by atoms with E-state index in [1.54, 1.807) is 31.5 Å². The van der Waals surface area contributed by atoms with Crippen LogP contribution in [0.3, 0.4) is 0 Å². The Morgan fingerprint density at radius 2 is 1.94 bits per heavy atom. The Balaban J connectivity index is 1.69. The molecule has 31 heavy (non-hydrogen) atoms. The zero-order chi connectivity index (χ0) is 22.2. The summed E-state index contributed by atoms with van der Waals surface area (Å²) in [6.07, 6.45) is 3.65. The zero-order valence-electron chi connectivity index (χ0n) is 17.1. The predicted molar refractivity (Wildman–Crippen MR) is 114 cm³/mol. The molecule has 2 N–H and O–H groups in total. The van der Waals surface area contributed by atoms with Crippen LogP contribution < -0.4 is 10.6 Å². The lowest BCUT2D eigenvalue weighted by molar-refractivity contribution is -0.124. The minimum absolute atomic E-state index is 0.0774. The molecule has 1 atom stereocenters. The highest BCUT2D eigenvalue weighted by atomic mass is 19.1. The van der Waals surface area contributed by atoms with Gasteiger partial charge in [0.1, 0.15) is 5.82 Å². The minimum atomic E-state index is -1.44. The molecule has 4 amide bonds. The van der Waals surface area contributed by atoms with Crippen molar-refractivity contribution in [1.29, 1.82) is 0 Å². The average Bonchev–Trinajstić information content (AvgIpc) is 3.22. The second-order valence-corrected chi connectivity index (χ2v) is 7.48. The van der Waals surface area contributed by atoms with Gasteiger partial charge in [-0.1, -0.05) is 36.4 Å². The van der Waals surface area contributed by atoms with Gasteiger partial charge in [-0.15, -0.1) is 0 Å². The summed E-state index contributed by atoms with van der Waals surface area (Å²) in [5.41, 5.74) is 1.86. The number of benzene rings is 2. The zero-order valence-corrected chi connectivity index (χ0v) is 17.1. The van der Waals surface area contributed by atoms with Crippen molar-refractivity contribution in [3.05, 3.63) is 76.6 Å². The van der Waals surface area contributed by atoms with Gasteiger partial charge in [-0.2, -0.15) is 0 Å². The van der Waals surface area contributed by atoms with E-state index in [-0.39, 0.29) is 24.6 Å². The van der Waals surface area contributed by atoms with Crippen LogP contribution in [-0.4, -0.2) is 42.6 Å². The molecule has 2 aromatic carbocycles. The van der Waals surface area contributed by atoms with Crippen molar-refractivity contribution in [3.8, 4) is 0 Å². The molecule has 2 aromatic rings. The molecule has 0 spiro atoms. The second-order valence-electron chi connectivity index (χ2n) is 7.48. The highest BCUT2D eigenvalue weighted by Gasteiger charge is 2.50. The van der Waals surface area contributed by atoms with E-state index < -0.39 is 23.3 Å². The minimum Gasteiger partial charge on any atom is -0.331 e. The first-order valence-corrected chi connectivity index (χ1v) is 9.78. The molecule has 8 heteroatoms. The maximum absolute atomic E-state index is 13.6. The predicted octanol–water partition coefficient (Wildman–Crippen LogP) is 2.62. The van der Waals surface area contributed by atoms with Gasteiger partial charge in [-0.3, -0.25) is 19.9 Å². The van der Waals surface area contributed by atoms with Gasteiger partial charge in [0, 0.05) is 25.4 Å².